The summed E-state index contributed by atoms with van der Waals surface area (Å²) in [5, 5.41) is 4.25. The summed E-state index contributed by atoms with van der Waals surface area (Å²) >= 11 is 0. The van der Waals surface area contributed by atoms with E-state index in [1.807, 2.05) is 17.9 Å². The Morgan fingerprint density at radius 1 is 1.27 bits per heavy atom. The molecule has 7 nitrogen and oxygen atoms in total. The molecule has 1 aliphatic heterocycles. The molecule has 0 atom stereocenters. The van der Waals surface area contributed by atoms with Crippen molar-refractivity contribution < 1.29 is 4.79 Å². The van der Waals surface area contributed by atoms with Gasteiger partial charge < -0.3 is 9.80 Å². The topological polar surface area (TPSA) is 66.6 Å². The minimum Gasteiger partial charge on any atom is -0.353 e. The molecule has 118 valence electrons. The number of aryl methyl sites for hydroxylation is 1. The Morgan fingerprint density at radius 2 is 2.00 bits per heavy atom. The fourth-order valence-corrected chi connectivity index (χ4v) is 2.80. The van der Waals surface area contributed by atoms with E-state index in [4.69, 9.17) is 0 Å². The van der Waals surface area contributed by atoms with Gasteiger partial charge in [-0.15, -0.1) is 0 Å². The predicted molar refractivity (Wildman–Crippen MR) is 83.8 cm³/mol. The molecule has 1 amide bonds. The second kappa shape index (κ2) is 5.90. The Hall–Kier alpha value is -2.18. The summed E-state index contributed by atoms with van der Waals surface area (Å²) in [6.07, 6.45) is 2.15. The Balaban J connectivity index is 1.73. The number of rotatable bonds is 3. The molecule has 3 heterocycles. The van der Waals surface area contributed by atoms with Crippen molar-refractivity contribution in [2.24, 2.45) is 5.92 Å². The largest absolute Gasteiger partial charge is 0.353 e. The van der Waals surface area contributed by atoms with Crippen LogP contribution in [0.3, 0.4) is 0 Å². The lowest BCUT2D eigenvalue weighted by molar-refractivity contribution is -0.132. The molecule has 0 N–H and O–H groups in total. The number of amides is 1. The molecule has 1 aliphatic rings. The number of fused-ring (bicyclic) bond motifs is 1. The third-order valence-electron chi connectivity index (χ3n) is 3.90. The zero-order chi connectivity index (χ0) is 15.7. The summed E-state index contributed by atoms with van der Waals surface area (Å²) in [5.74, 6) is 2.28. The Kier molecular flexibility index (Phi) is 3.96. The number of anilines is 1. The van der Waals surface area contributed by atoms with Gasteiger partial charge in [-0.25, -0.2) is 4.98 Å². The molecule has 1 saturated heterocycles. The molecule has 0 radical (unpaired) electrons. The molecule has 22 heavy (non-hydrogen) atoms. The van der Waals surface area contributed by atoms with Crippen LogP contribution < -0.4 is 4.90 Å². The zero-order valence-electron chi connectivity index (χ0n) is 13.4. The van der Waals surface area contributed by atoms with Gasteiger partial charge in [-0.05, 0) is 12.8 Å². The smallest absolute Gasteiger partial charge is 0.254 e. The van der Waals surface area contributed by atoms with Crippen molar-refractivity contribution in [1.82, 2.24) is 24.5 Å². The van der Waals surface area contributed by atoms with E-state index in [2.05, 4.69) is 33.8 Å². The highest BCUT2D eigenvalue weighted by molar-refractivity contribution is 5.76. The van der Waals surface area contributed by atoms with Gasteiger partial charge in [0.05, 0.1) is 0 Å². The lowest BCUT2D eigenvalue weighted by Crippen LogP contribution is -2.49. The van der Waals surface area contributed by atoms with Gasteiger partial charge in [0.2, 0.25) is 5.91 Å². The second-order valence-corrected chi connectivity index (χ2v) is 6.19. The SMILES string of the molecule is Cc1cc(N2CCN(C(=O)CC(C)C)CC2)n2ncnc2n1. The summed E-state index contributed by atoms with van der Waals surface area (Å²) in [4.78, 5) is 24.9. The quantitative estimate of drug-likeness (QED) is 0.850. The summed E-state index contributed by atoms with van der Waals surface area (Å²) in [6.45, 7) is 9.24. The fraction of sp³-hybridized carbons (Fsp3) is 0.600. The van der Waals surface area contributed by atoms with Crippen molar-refractivity contribution in [2.75, 3.05) is 31.1 Å². The van der Waals surface area contributed by atoms with Gasteiger partial charge in [0, 0.05) is 44.4 Å². The lowest BCUT2D eigenvalue weighted by atomic mass is 10.1. The number of carbonyl (C=O) groups excluding carboxylic acids is 1. The molecule has 0 aromatic carbocycles. The molecule has 3 rings (SSSR count). The van der Waals surface area contributed by atoms with Crippen molar-refractivity contribution in [3.63, 3.8) is 0 Å². The molecule has 0 bridgehead atoms. The first-order valence-corrected chi connectivity index (χ1v) is 7.74. The van der Waals surface area contributed by atoms with Crippen LogP contribution in [0.5, 0.6) is 0 Å². The van der Waals surface area contributed by atoms with E-state index in [9.17, 15) is 4.79 Å². The summed E-state index contributed by atoms with van der Waals surface area (Å²) in [7, 11) is 0. The van der Waals surface area contributed by atoms with Crippen LogP contribution in [-0.2, 0) is 4.79 Å². The van der Waals surface area contributed by atoms with Gasteiger partial charge in [0.25, 0.3) is 5.78 Å². The highest BCUT2D eigenvalue weighted by atomic mass is 16.2. The number of nitrogens with zero attached hydrogens (tertiary/aromatic N) is 6. The van der Waals surface area contributed by atoms with Crippen LogP contribution in [0.15, 0.2) is 12.4 Å². The number of carbonyl (C=O) groups is 1. The third-order valence-corrected chi connectivity index (χ3v) is 3.90. The van der Waals surface area contributed by atoms with E-state index in [0.29, 0.717) is 18.1 Å². The van der Waals surface area contributed by atoms with Gasteiger partial charge in [-0.1, -0.05) is 13.8 Å². The van der Waals surface area contributed by atoms with E-state index in [1.54, 1.807) is 4.52 Å². The Labute approximate surface area is 130 Å². The van der Waals surface area contributed by atoms with Crippen LogP contribution in [0.25, 0.3) is 5.78 Å². The summed E-state index contributed by atoms with van der Waals surface area (Å²) in [5.41, 5.74) is 0.925. The molecule has 2 aromatic heterocycles. The number of hydrogen-bond acceptors (Lipinski definition) is 5. The van der Waals surface area contributed by atoms with Crippen molar-refractivity contribution >= 4 is 17.5 Å². The first-order chi connectivity index (χ1) is 10.5. The lowest BCUT2D eigenvalue weighted by Gasteiger charge is -2.36. The van der Waals surface area contributed by atoms with Gasteiger partial charge in [-0.2, -0.15) is 14.6 Å². The molecule has 7 heteroatoms. The highest BCUT2D eigenvalue weighted by Crippen LogP contribution is 2.18. The van der Waals surface area contributed by atoms with Gasteiger partial charge in [0.15, 0.2) is 0 Å². The van der Waals surface area contributed by atoms with Crippen LogP contribution in [0.4, 0.5) is 5.82 Å². The number of hydrogen-bond donors (Lipinski definition) is 0. The van der Waals surface area contributed by atoms with Crippen molar-refractivity contribution in [2.45, 2.75) is 27.2 Å². The van der Waals surface area contributed by atoms with E-state index >= 15 is 0 Å². The maximum Gasteiger partial charge on any atom is 0.254 e. The van der Waals surface area contributed by atoms with Crippen LogP contribution in [-0.4, -0.2) is 56.6 Å². The van der Waals surface area contributed by atoms with E-state index in [1.165, 1.54) is 6.33 Å². The Bertz CT molecular complexity index is 672. The molecule has 0 aliphatic carbocycles. The van der Waals surface area contributed by atoms with E-state index < -0.39 is 0 Å². The second-order valence-electron chi connectivity index (χ2n) is 6.19. The molecule has 0 spiro atoms. The average Bonchev–Trinajstić information content (AvgIpc) is 2.94. The fourth-order valence-electron chi connectivity index (χ4n) is 2.80. The Morgan fingerprint density at radius 3 is 2.68 bits per heavy atom. The number of aromatic nitrogens is 4. The summed E-state index contributed by atoms with van der Waals surface area (Å²) < 4.78 is 1.76. The van der Waals surface area contributed by atoms with Gasteiger partial charge >= 0.3 is 0 Å². The first kappa shape index (κ1) is 14.7. The highest BCUT2D eigenvalue weighted by Gasteiger charge is 2.23. The van der Waals surface area contributed by atoms with Crippen molar-refractivity contribution in [1.29, 1.82) is 0 Å². The molecule has 1 fully saturated rings. The monoisotopic (exact) mass is 302 g/mol. The van der Waals surface area contributed by atoms with E-state index in [-0.39, 0.29) is 5.91 Å². The molecular formula is C15H22N6O. The molecular weight excluding hydrogens is 280 g/mol. The zero-order valence-corrected chi connectivity index (χ0v) is 13.4. The van der Waals surface area contributed by atoms with Gasteiger partial charge in [0.1, 0.15) is 12.1 Å². The third kappa shape index (κ3) is 2.88. The summed E-state index contributed by atoms with van der Waals surface area (Å²) in [6, 6.07) is 2.02. The van der Waals surface area contributed by atoms with Crippen molar-refractivity contribution in [3.05, 3.63) is 18.1 Å². The molecule has 0 saturated carbocycles. The van der Waals surface area contributed by atoms with Crippen molar-refractivity contribution in [3.8, 4) is 0 Å². The van der Waals surface area contributed by atoms with Crippen LogP contribution >= 0.6 is 0 Å². The van der Waals surface area contributed by atoms with Crippen LogP contribution in [0.2, 0.25) is 0 Å². The minimum absolute atomic E-state index is 0.256. The van der Waals surface area contributed by atoms with Gasteiger partial charge in [-0.3, -0.25) is 4.79 Å². The maximum atomic E-state index is 12.1. The first-order valence-electron chi connectivity index (χ1n) is 7.74. The predicted octanol–water partition coefficient (Wildman–Crippen LogP) is 1.13. The average molecular weight is 302 g/mol. The van der Waals surface area contributed by atoms with E-state index in [0.717, 1.165) is 37.7 Å². The van der Waals surface area contributed by atoms with Crippen LogP contribution in [0.1, 0.15) is 26.0 Å². The normalized spacial score (nSPS) is 15.8. The molecule has 0 unspecified atom stereocenters. The standard InChI is InChI=1S/C15H22N6O/c1-11(2)8-14(22)20-6-4-19(5-7-20)13-9-12(3)18-15-16-10-17-21(13)15/h9-11H,4-8H2,1-3H3. The number of piperazine rings is 1. The minimum atomic E-state index is 0.256. The van der Waals surface area contributed by atoms with Crippen LogP contribution in [0, 0.1) is 12.8 Å². The maximum absolute atomic E-state index is 12.1. The molecule has 2 aromatic rings.